The van der Waals surface area contributed by atoms with Gasteiger partial charge in [-0.25, -0.2) is 19.2 Å². The van der Waals surface area contributed by atoms with Gasteiger partial charge in [-0.2, -0.15) is 0 Å². The van der Waals surface area contributed by atoms with Crippen molar-refractivity contribution in [3.05, 3.63) is 0 Å². The number of aliphatic hydroxyl groups is 1. The lowest BCUT2D eigenvalue weighted by Crippen LogP contribution is -2.43. The van der Waals surface area contributed by atoms with Crippen LogP contribution >= 0.6 is 0 Å². The van der Waals surface area contributed by atoms with Gasteiger partial charge in [-0.3, -0.25) is 24.2 Å². The number of nitrogens with zero attached hydrogens (tertiary/aromatic N) is 2. The molecule has 0 aromatic carbocycles. The van der Waals surface area contributed by atoms with Crippen LogP contribution in [0.5, 0.6) is 0 Å². The molecule has 0 amide bonds. The highest BCUT2D eigenvalue weighted by molar-refractivity contribution is 6.33. The number of ketones is 1. The Bertz CT molecular complexity index is 1040. The third kappa shape index (κ3) is 16.7. The summed E-state index contributed by atoms with van der Waals surface area (Å²) in [7, 11) is 3.39. The van der Waals surface area contributed by atoms with Crippen molar-refractivity contribution in [3.63, 3.8) is 0 Å². The number of carboxylic acids is 4. The van der Waals surface area contributed by atoms with Crippen molar-refractivity contribution >= 4 is 41.6 Å². The van der Waals surface area contributed by atoms with Crippen molar-refractivity contribution in [1.29, 1.82) is 0 Å². The number of Topliss-reactive ketones (excluding diaryl/α,β-unsaturated/α-hetero) is 1. The molecule has 47 heavy (non-hydrogen) atoms. The van der Waals surface area contributed by atoms with Crippen LogP contribution in [0.3, 0.4) is 0 Å². The molecule has 270 valence electrons. The van der Waals surface area contributed by atoms with Gasteiger partial charge in [-0.05, 0) is 77.5 Å². The topological polar surface area (TPSA) is 260 Å². The zero-order valence-electron chi connectivity index (χ0n) is 28.0. The third-order valence-electron chi connectivity index (χ3n) is 7.46. The Balaban J connectivity index is 0.000000686. The summed E-state index contributed by atoms with van der Waals surface area (Å²) in [5, 5.41) is 49.1. The molecule has 2 aliphatic heterocycles. The Morgan fingerprint density at radius 3 is 1.47 bits per heavy atom. The SMILES string of the molecule is CN[C@@H](CC(C)C)C(=O)OC(=O)[C@H](CC(C)C)NC.O=C(O)C(=O)CN1CCC[C@H]1C(=O)O.O=C(O)C(O)CN1CCC[C@H]1C(=O)O. The number of nitrogens with one attached hydrogen (secondary N) is 2. The number of likely N-dealkylation sites (N-methyl/N-ethyl adjacent to an activating group) is 2. The fourth-order valence-electron chi connectivity index (χ4n) is 5.02. The number of carbonyl (C=O) groups is 7. The maximum absolute atomic E-state index is 11.9. The van der Waals surface area contributed by atoms with Gasteiger partial charge in [0.05, 0.1) is 6.54 Å². The van der Waals surface area contributed by atoms with Crippen LogP contribution in [0.15, 0.2) is 0 Å². The fraction of sp³-hybridized carbons (Fsp3) is 0.767. The number of rotatable bonds is 16. The van der Waals surface area contributed by atoms with E-state index in [-0.39, 0.29) is 13.1 Å². The summed E-state index contributed by atoms with van der Waals surface area (Å²) in [6.45, 7) is 8.66. The molecule has 17 heteroatoms. The van der Waals surface area contributed by atoms with Crippen molar-refractivity contribution < 1.29 is 63.8 Å². The zero-order chi connectivity index (χ0) is 36.4. The second-order valence-corrected chi connectivity index (χ2v) is 12.2. The summed E-state index contributed by atoms with van der Waals surface area (Å²) >= 11 is 0. The lowest BCUT2D eigenvalue weighted by molar-refractivity contribution is -0.163. The molecule has 2 aliphatic rings. The van der Waals surface area contributed by atoms with Gasteiger partial charge in [0.25, 0.3) is 5.78 Å². The minimum absolute atomic E-state index is 0.119. The molecule has 0 spiro atoms. The monoisotopic (exact) mass is 676 g/mol. The molecule has 0 aliphatic carbocycles. The van der Waals surface area contributed by atoms with E-state index in [0.29, 0.717) is 57.0 Å². The lowest BCUT2D eigenvalue weighted by atomic mass is 10.0. The summed E-state index contributed by atoms with van der Waals surface area (Å²) in [5.74, 6) is -6.02. The molecular weight excluding hydrogens is 624 g/mol. The van der Waals surface area contributed by atoms with E-state index in [1.54, 1.807) is 14.1 Å². The van der Waals surface area contributed by atoms with Crippen molar-refractivity contribution in [3.8, 4) is 0 Å². The van der Waals surface area contributed by atoms with E-state index in [2.05, 4.69) is 10.6 Å². The second-order valence-electron chi connectivity index (χ2n) is 12.2. The van der Waals surface area contributed by atoms with Crippen LogP contribution < -0.4 is 10.6 Å². The van der Waals surface area contributed by atoms with Crippen LogP contribution in [0.1, 0.15) is 66.2 Å². The number of likely N-dealkylation sites (tertiary alicyclic amines) is 2. The third-order valence-corrected chi connectivity index (χ3v) is 7.46. The normalized spacial score (nSPS) is 19.9. The highest BCUT2D eigenvalue weighted by atomic mass is 16.6. The van der Waals surface area contributed by atoms with Crippen LogP contribution in [0.4, 0.5) is 0 Å². The van der Waals surface area contributed by atoms with Gasteiger partial charge in [-0.1, -0.05) is 27.7 Å². The van der Waals surface area contributed by atoms with Gasteiger partial charge in [0, 0.05) is 6.54 Å². The first-order chi connectivity index (χ1) is 21.9. The molecule has 2 fully saturated rings. The highest BCUT2D eigenvalue weighted by Crippen LogP contribution is 2.18. The maximum Gasteiger partial charge on any atom is 0.373 e. The van der Waals surface area contributed by atoms with Crippen LogP contribution in [0, 0.1) is 11.8 Å². The molecule has 2 rings (SSSR count). The number of aliphatic hydroxyl groups excluding tert-OH is 1. The molecule has 7 N–H and O–H groups in total. The molecule has 0 saturated carbocycles. The average Bonchev–Trinajstić information content (AvgIpc) is 3.64. The quantitative estimate of drug-likeness (QED) is 0.0617. The molecule has 0 bridgehead atoms. The molecule has 5 atom stereocenters. The van der Waals surface area contributed by atoms with Gasteiger partial charge in [0.1, 0.15) is 24.2 Å². The predicted molar refractivity (Wildman–Crippen MR) is 166 cm³/mol. The molecule has 1 unspecified atom stereocenters. The van der Waals surface area contributed by atoms with Crippen LogP contribution in [0.2, 0.25) is 0 Å². The Morgan fingerprint density at radius 1 is 0.723 bits per heavy atom. The van der Waals surface area contributed by atoms with Gasteiger partial charge < -0.3 is 40.9 Å². The minimum atomic E-state index is -1.51. The molecule has 17 nitrogen and oxygen atoms in total. The van der Waals surface area contributed by atoms with Crippen LogP contribution in [-0.4, -0.2) is 147 Å². The molecule has 2 heterocycles. The highest BCUT2D eigenvalue weighted by Gasteiger charge is 2.34. The zero-order valence-corrected chi connectivity index (χ0v) is 28.0. The maximum atomic E-state index is 11.9. The largest absolute Gasteiger partial charge is 0.480 e. The van der Waals surface area contributed by atoms with E-state index in [4.69, 9.17) is 30.3 Å². The van der Waals surface area contributed by atoms with Gasteiger partial charge in [-0.15, -0.1) is 0 Å². The summed E-state index contributed by atoms with van der Waals surface area (Å²) in [5.41, 5.74) is 0. The summed E-state index contributed by atoms with van der Waals surface area (Å²) in [6.07, 6.45) is 2.19. The first-order valence-corrected chi connectivity index (χ1v) is 15.6. The summed E-state index contributed by atoms with van der Waals surface area (Å²) in [6, 6.07) is -2.22. The van der Waals surface area contributed by atoms with E-state index < -0.39 is 71.9 Å². The molecule has 0 aromatic rings. The van der Waals surface area contributed by atoms with Gasteiger partial charge in [0.15, 0.2) is 6.10 Å². The molecule has 2 saturated heterocycles. The molecular formula is C30H52N4O13. The number of hydrogen-bond donors (Lipinski definition) is 7. The lowest BCUT2D eigenvalue weighted by Gasteiger charge is -2.21. The van der Waals surface area contributed by atoms with Crippen molar-refractivity contribution in [2.24, 2.45) is 11.8 Å². The van der Waals surface area contributed by atoms with E-state index in [9.17, 15) is 33.6 Å². The smallest absolute Gasteiger partial charge is 0.373 e. The van der Waals surface area contributed by atoms with Crippen molar-refractivity contribution in [2.75, 3.05) is 40.3 Å². The first kappa shape index (κ1) is 43.5. The fourth-order valence-corrected chi connectivity index (χ4v) is 5.02. The van der Waals surface area contributed by atoms with Crippen LogP contribution in [0.25, 0.3) is 0 Å². The number of ether oxygens (including phenoxy) is 1. The Labute approximate surface area is 274 Å². The first-order valence-electron chi connectivity index (χ1n) is 15.6. The number of carboxylic acid groups (broad SMARTS) is 4. The number of β-amino-alcohol motifs (C(OH)–C–C–N with tert-alkyl or cyclic N) is 1. The van der Waals surface area contributed by atoms with E-state index in [1.807, 2.05) is 27.7 Å². The molecule has 0 aromatic heterocycles. The number of aliphatic carboxylic acids is 4. The Hall–Kier alpha value is -3.51. The standard InChI is InChI=1S/C14H28N2O3.C8H13NO5.C8H11NO5/c1-9(2)7-11(15-5)13(17)19-14(18)12(16-6)8-10(3)4;2*10-6(8(13)14)4-9-3-1-2-5(9)7(11)12/h9-12,15-16H,7-8H2,1-6H3;5-6,10H,1-4H2,(H,11,12)(H,13,14);5H,1-4H2,(H,11,12)(H,13,14)/t11-,12-;5-,6?;5-/m000/s1. The van der Waals surface area contributed by atoms with Gasteiger partial charge in [0.2, 0.25) is 0 Å². The Morgan fingerprint density at radius 2 is 1.13 bits per heavy atom. The predicted octanol–water partition coefficient (Wildman–Crippen LogP) is -0.506. The second kappa shape index (κ2) is 22.1. The van der Waals surface area contributed by atoms with Crippen LogP contribution in [-0.2, 0) is 38.3 Å². The molecule has 0 radical (unpaired) electrons. The van der Waals surface area contributed by atoms with Crippen molar-refractivity contribution in [1.82, 2.24) is 20.4 Å². The average molecular weight is 677 g/mol. The minimum Gasteiger partial charge on any atom is -0.480 e. The Kier molecular flexibility index (Phi) is 20.5. The van der Waals surface area contributed by atoms with Crippen molar-refractivity contribution in [2.45, 2.75) is 96.5 Å². The number of esters is 2. The summed E-state index contributed by atoms with van der Waals surface area (Å²) < 4.78 is 4.96. The van der Waals surface area contributed by atoms with E-state index >= 15 is 0 Å². The van der Waals surface area contributed by atoms with Gasteiger partial charge >= 0.3 is 35.8 Å². The summed E-state index contributed by atoms with van der Waals surface area (Å²) in [4.78, 5) is 79.4. The van der Waals surface area contributed by atoms with E-state index in [1.165, 1.54) is 9.80 Å². The van der Waals surface area contributed by atoms with E-state index in [0.717, 1.165) is 6.42 Å². The number of carbonyl (C=O) groups excluding carboxylic acids is 3. The number of hydrogen-bond acceptors (Lipinski definition) is 13.